The Morgan fingerprint density at radius 3 is 2.57 bits per heavy atom. The van der Waals surface area contributed by atoms with Crippen molar-refractivity contribution in [3.63, 3.8) is 0 Å². The molecule has 0 aliphatic heterocycles. The van der Waals surface area contributed by atoms with Crippen molar-refractivity contribution < 1.29 is 9.18 Å². The SMILES string of the molecule is CCn1ccc([C@H](C)NC(=O)c2cc(C)nc3c2c(C)nn3-c2ccc(F)cc2)n1. The summed E-state index contributed by atoms with van der Waals surface area (Å²) in [5.41, 5.74) is 3.91. The molecule has 0 spiro atoms. The van der Waals surface area contributed by atoms with Crippen LogP contribution in [0.1, 0.15) is 47.3 Å². The zero-order valence-electron chi connectivity index (χ0n) is 17.3. The van der Waals surface area contributed by atoms with Crippen LogP contribution in [0.25, 0.3) is 16.7 Å². The van der Waals surface area contributed by atoms with Crippen molar-refractivity contribution >= 4 is 16.9 Å². The first kappa shape index (κ1) is 19.8. The predicted octanol–water partition coefficient (Wildman–Crippen LogP) is 3.88. The number of hydrogen-bond acceptors (Lipinski definition) is 4. The largest absolute Gasteiger partial charge is 0.344 e. The number of fused-ring (bicyclic) bond motifs is 1. The molecule has 154 valence electrons. The summed E-state index contributed by atoms with van der Waals surface area (Å²) in [6, 6.07) is 9.44. The smallest absolute Gasteiger partial charge is 0.252 e. The van der Waals surface area contributed by atoms with Crippen LogP contribution in [0, 0.1) is 19.7 Å². The van der Waals surface area contributed by atoms with Gasteiger partial charge in [0.05, 0.1) is 34.1 Å². The Morgan fingerprint density at radius 1 is 1.17 bits per heavy atom. The molecule has 0 saturated carbocycles. The van der Waals surface area contributed by atoms with Gasteiger partial charge in [-0.15, -0.1) is 0 Å². The van der Waals surface area contributed by atoms with Crippen molar-refractivity contribution in [1.82, 2.24) is 29.9 Å². The van der Waals surface area contributed by atoms with Crippen LogP contribution in [-0.2, 0) is 6.54 Å². The van der Waals surface area contributed by atoms with Gasteiger partial charge in [-0.25, -0.2) is 14.1 Å². The number of rotatable bonds is 5. The molecule has 0 aliphatic carbocycles. The summed E-state index contributed by atoms with van der Waals surface area (Å²) < 4.78 is 16.8. The van der Waals surface area contributed by atoms with E-state index in [1.807, 2.05) is 44.6 Å². The number of nitrogens with one attached hydrogen (secondary N) is 1. The lowest BCUT2D eigenvalue weighted by Gasteiger charge is -2.13. The van der Waals surface area contributed by atoms with Gasteiger partial charge in [-0.3, -0.25) is 9.48 Å². The Labute approximate surface area is 173 Å². The Balaban J connectivity index is 1.73. The van der Waals surface area contributed by atoms with E-state index in [0.29, 0.717) is 33.7 Å². The lowest BCUT2D eigenvalue weighted by atomic mass is 10.1. The van der Waals surface area contributed by atoms with E-state index >= 15 is 0 Å². The van der Waals surface area contributed by atoms with Gasteiger partial charge in [-0.1, -0.05) is 0 Å². The lowest BCUT2D eigenvalue weighted by Crippen LogP contribution is -2.27. The van der Waals surface area contributed by atoms with Gasteiger partial charge in [-0.2, -0.15) is 10.2 Å². The number of carbonyl (C=O) groups is 1. The third-order valence-electron chi connectivity index (χ3n) is 5.03. The summed E-state index contributed by atoms with van der Waals surface area (Å²) in [7, 11) is 0. The van der Waals surface area contributed by atoms with E-state index in [-0.39, 0.29) is 17.8 Å². The maximum atomic E-state index is 13.3. The van der Waals surface area contributed by atoms with Gasteiger partial charge < -0.3 is 5.32 Å². The molecule has 3 aromatic heterocycles. The number of aromatic nitrogens is 5. The van der Waals surface area contributed by atoms with Crippen LogP contribution in [0.3, 0.4) is 0 Å². The molecular formula is C22H23FN6O. The topological polar surface area (TPSA) is 77.6 Å². The third kappa shape index (κ3) is 3.56. The van der Waals surface area contributed by atoms with Crippen LogP contribution in [-0.4, -0.2) is 30.5 Å². The van der Waals surface area contributed by atoms with Gasteiger partial charge in [0.25, 0.3) is 5.91 Å². The second kappa shape index (κ2) is 7.70. The number of pyridine rings is 1. The number of halogens is 1. The number of nitrogens with zero attached hydrogens (tertiary/aromatic N) is 5. The Bertz CT molecular complexity index is 1220. The summed E-state index contributed by atoms with van der Waals surface area (Å²) >= 11 is 0. The molecule has 0 saturated heterocycles. The average Bonchev–Trinajstić information content (AvgIpc) is 3.33. The molecule has 1 atom stereocenters. The van der Waals surface area contributed by atoms with Crippen LogP contribution in [0.4, 0.5) is 4.39 Å². The first-order valence-corrected chi connectivity index (χ1v) is 9.84. The van der Waals surface area contributed by atoms with E-state index in [9.17, 15) is 9.18 Å². The van der Waals surface area contributed by atoms with Gasteiger partial charge in [-0.05, 0) is 64.1 Å². The lowest BCUT2D eigenvalue weighted by molar-refractivity contribution is 0.0940. The molecule has 1 amide bonds. The predicted molar refractivity (Wildman–Crippen MR) is 112 cm³/mol. The second-order valence-corrected chi connectivity index (χ2v) is 7.27. The highest BCUT2D eigenvalue weighted by molar-refractivity contribution is 6.06. The molecule has 1 N–H and O–H groups in total. The van der Waals surface area contributed by atoms with Crippen molar-refractivity contribution in [2.24, 2.45) is 0 Å². The molecule has 0 unspecified atom stereocenters. The number of aryl methyl sites for hydroxylation is 3. The minimum atomic E-state index is -0.323. The highest BCUT2D eigenvalue weighted by Gasteiger charge is 2.21. The van der Waals surface area contributed by atoms with Gasteiger partial charge >= 0.3 is 0 Å². The monoisotopic (exact) mass is 406 g/mol. The van der Waals surface area contributed by atoms with Gasteiger partial charge in [0, 0.05) is 18.4 Å². The van der Waals surface area contributed by atoms with E-state index in [1.165, 1.54) is 12.1 Å². The van der Waals surface area contributed by atoms with Crippen LogP contribution >= 0.6 is 0 Å². The van der Waals surface area contributed by atoms with Crippen LogP contribution in [0.5, 0.6) is 0 Å². The van der Waals surface area contributed by atoms with Crippen molar-refractivity contribution in [2.45, 2.75) is 40.3 Å². The Kier molecular flexibility index (Phi) is 5.07. The number of carbonyl (C=O) groups excluding carboxylic acids is 1. The van der Waals surface area contributed by atoms with Crippen molar-refractivity contribution in [3.05, 3.63) is 71.1 Å². The normalized spacial score (nSPS) is 12.3. The summed E-state index contributed by atoms with van der Waals surface area (Å²) in [5, 5.41) is 12.7. The van der Waals surface area contributed by atoms with Gasteiger partial charge in [0.15, 0.2) is 5.65 Å². The van der Waals surface area contributed by atoms with Gasteiger partial charge in [0.1, 0.15) is 5.82 Å². The molecule has 30 heavy (non-hydrogen) atoms. The molecule has 0 bridgehead atoms. The Morgan fingerprint density at radius 2 is 1.90 bits per heavy atom. The van der Waals surface area contributed by atoms with Crippen molar-refractivity contribution in [3.8, 4) is 5.69 Å². The molecule has 4 aromatic rings. The number of amides is 1. The maximum absolute atomic E-state index is 13.3. The highest BCUT2D eigenvalue weighted by atomic mass is 19.1. The molecule has 8 heteroatoms. The number of hydrogen-bond donors (Lipinski definition) is 1. The zero-order chi connectivity index (χ0) is 21.4. The molecule has 4 rings (SSSR count). The second-order valence-electron chi connectivity index (χ2n) is 7.27. The fourth-order valence-electron chi connectivity index (χ4n) is 3.49. The fraction of sp³-hybridized carbons (Fsp3) is 0.273. The maximum Gasteiger partial charge on any atom is 0.252 e. The first-order chi connectivity index (χ1) is 14.4. The molecule has 0 fully saturated rings. The van der Waals surface area contributed by atoms with Crippen LogP contribution in [0.2, 0.25) is 0 Å². The fourth-order valence-corrected chi connectivity index (χ4v) is 3.49. The average molecular weight is 406 g/mol. The summed E-state index contributed by atoms with van der Waals surface area (Å²) in [6.07, 6.45) is 1.89. The quantitative estimate of drug-likeness (QED) is 0.546. The molecule has 7 nitrogen and oxygen atoms in total. The van der Waals surface area contributed by atoms with E-state index in [2.05, 4.69) is 20.5 Å². The van der Waals surface area contributed by atoms with Crippen LogP contribution in [0.15, 0.2) is 42.6 Å². The highest BCUT2D eigenvalue weighted by Crippen LogP contribution is 2.25. The summed E-state index contributed by atoms with van der Waals surface area (Å²) in [6.45, 7) is 8.35. The zero-order valence-corrected chi connectivity index (χ0v) is 17.3. The van der Waals surface area contributed by atoms with Crippen molar-refractivity contribution in [2.75, 3.05) is 0 Å². The van der Waals surface area contributed by atoms with E-state index in [4.69, 9.17) is 0 Å². The minimum Gasteiger partial charge on any atom is -0.344 e. The summed E-state index contributed by atoms with van der Waals surface area (Å²) in [4.78, 5) is 17.8. The first-order valence-electron chi connectivity index (χ1n) is 9.84. The van der Waals surface area contributed by atoms with E-state index in [0.717, 1.165) is 12.2 Å². The third-order valence-corrected chi connectivity index (χ3v) is 5.03. The minimum absolute atomic E-state index is 0.217. The van der Waals surface area contributed by atoms with Gasteiger partial charge in [0.2, 0.25) is 0 Å². The van der Waals surface area contributed by atoms with Crippen LogP contribution < -0.4 is 5.32 Å². The molecule has 0 aliphatic rings. The van der Waals surface area contributed by atoms with E-state index < -0.39 is 0 Å². The van der Waals surface area contributed by atoms with Crippen molar-refractivity contribution in [1.29, 1.82) is 0 Å². The Hall–Kier alpha value is -3.55. The summed E-state index contributed by atoms with van der Waals surface area (Å²) in [5.74, 6) is -0.540. The molecule has 0 radical (unpaired) electrons. The van der Waals surface area contributed by atoms with E-state index in [1.54, 1.807) is 22.9 Å². The molecule has 1 aromatic carbocycles. The molecular weight excluding hydrogens is 383 g/mol. The molecule has 3 heterocycles. The number of benzene rings is 1. The standard InChI is InChI=1S/C22H23FN6O/c1-5-28-11-10-19(27-28)14(3)25-22(30)18-12-13(2)24-21-20(18)15(4)26-29(21)17-8-6-16(23)7-9-17/h6-12,14H,5H2,1-4H3,(H,25,30)/t14-/m0/s1.